The quantitative estimate of drug-likeness (QED) is 0.343. The van der Waals surface area contributed by atoms with Gasteiger partial charge in [0.15, 0.2) is 0 Å². The molecule has 0 spiro atoms. The third-order valence-corrected chi connectivity index (χ3v) is 2.47. The van der Waals surface area contributed by atoms with E-state index in [0.717, 1.165) is 18.9 Å². The summed E-state index contributed by atoms with van der Waals surface area (Å²) in [6.45, 7) is 5.29. The fourth-order valence-corrected chi connectivity index (χ4v) is 1.57. The summed E-state index contributed by atoms with van der Waals surface area (Å²) in [5.41, 5.74) is 0. The second-order valence-corrected chi connectivity index (χ2v) is 5.34. The van der Waals surface area contributed by atoms with Crippen molar-refractivity contribution in [2.75, 3.05) is 12.5 Å². The SMILES string of the molecule is C[Si-](C)OCCCCCCCl. The first-order chi connectivity index (χ1) is 5.27. The van der Waals surface area contributed by atoms with Crippen molar-refractivity contribution in [3.63, 3.8) is 0 Å². The lowest BCUT2D eigenvalue weighted by Gasteiger charge is -2.18. The molecule has 0 fully saturated rings. The minimum Gasteiger partial charge on any atom is -0.589 e. The van der Waals surface area contributed by atoms with E-state index < -0.39 is 9.04 Å². The number of hydrogen-bond donors (Lipinski definition) is 0. The highest BCUT2D eigenvalue weighted by Gasteiger charge is 1.87. The van der Waals surface area contributed by atoms with Crippen LogP contribution in [0.5, 0.6) is 0 Å². The normalized spacial score (nSPS) is 10.9. The Balaban J connectivity index is 2.80. The first-order valence-corrected chi connectivity index (χ1v) is 7.20. The lowest BCUT2D eigenvalue weighted by Crippen LogP contribution is -2.08. The van der Waals surface area contributed by atoms with Crippen LogP contribution in [0.4, 0.5) is 0 Å². The van der Waals surface area contributed by atoms with Gasteiger partial charge in [0.2, 0.25) is 0 Å². The van der Waals surface area contributed by atoms with Crippen molar-refractivity contribution in [3.8, 4) is 0 Å². The summed E-state index contributed by atoms with van der Waals surface area (Å²) >= 11 is 5.54. The molecule has 1 nitrogen and oxygen atoms in total. The van der Waals surface area contributed by atoms with Gasteiger partial charge in [-0.15, -0.1) is 20.6 Å². The molecule has 0 aliphatic heterocycles. The molecule has 0 aliphatic rings. The molecule has 0 bridgehead atoms. The molecular formula is C8H18ClOSi-. The predicted molar refractivity (Wildman–Crippen MR) is 52.6 cm³/mol. The Morgan fingerprint density at radius 3 is 2.27 bits per heavy atom. The van der Waals surface area contributed by atoms with E-state index in [1.165, 1.54) is 19.3 Å². The van der Waals surface area contributed by atoms with Gasteiger partial charge in [0.1, 0.15) is 0 Å². The molecule has 0 saturated carbocycles. The number of alkyl halides is 1. The van der Waals surface area contributed by atoms with E-state index in [2.05, 4.69) is 13.1 Å². The van der Waals surface area contributed by atoms with Gasteiger partial charge in [0.25, 0.3) is 0 Å². The predicted octanol–water partition coefficient (Wildman–Crippen LogP) is 3.05. The third kappa shape index (κ3) is 10.5. The van der Waals surface area contributed by atoms with E-state index in [1.54, 1.807) is 0 Å². The highest BCUT2D eigenvalue weighted by Crippen LogP contribution is 2.01. The van der Waals surface area contributed by atoms with Gasteiger partial charge < -0.3 is 4.43 Å². The molecule has 0 aromatic heterocycles. The van der Waals surface area contributed by atoms with Crippen LogP contribution in [0.25, 0.3) is 0 Å². The molecule has 0 radical (unpaired) electrons. The van der Waals surface area contributed by atoms with Crippen molar-refractivity contribution >= 4 is 20.6 Å². The zero-order valence-corrected chi connectivity index (χ0v) is 9.28. The summed E-state index contributed by atoms with van der Waals surface area (Å²) < 4.78 is 5.49. The number of unbranched alkanes of at least 4 members (excludes halogenated alkanes) is 3. The Bertz CT molecular complexity index is 78.5. The maximum absolute atomic E-state index is 5.54. The molecule has 0 aromatic rings. The second-order valence-electron chi connectivity index (χ2n) is 2.86. The summed E-state index contributed by atoms with van der Waals surface area (Å²) in [5.74, 6) is 0.803. The van der Waals surface area contributed by atoms with E-state index in [-0.39, 0.29) is 0 Å². The first kappa shape index (κ1) is 11.5. The molecule has 3 heteroatoms. The van der Waals surface area contributed by atoms with Crippen LogP contribution < -0.4 is 0 Å². The largest absolute Gasteiger partial charge is 0.589 e. The molecule has 0 rings (SSSR count). The fraction of sp³-hybridized carbons (Fsp3) is 1.00. The highest BCUT2D eigenvalue weighted by molar-refractivity contribution is 6.48. The van der Waals surface area contributed by atoms with E-state index >= 15 is 0 Å². The van der Waals surface area contributed by atoms with E-state index in [0.29, 0.717) is 0 Å². The molecular weight excluding hydrogens is 176 g/mol. The molecule has 0 atom stereocenters. The molecule has 0 amide bonds. The Kier molecular flexibility index (Phi) is 8.93. The van der Waals surface area contributed by atoms with Crippen molar-refractivity contribution in [1.29, 1.82) is 0 Å². The first-order valence-electron chi connectivity index (χ1n) is 4.26. The van der Waals surface area contributed by atoms with Crippen LogP contribution in [0.15, 0.2) is 0 Å². The second kappa shape index (κ2) is 8.56. The Morgan fingerprint density at radius 2 is 1.73 bits per heavy atom. The highest BCUT2D eigenvalue weighted by atomic mass is 35.5. The van der Waals surface area contributed by atoms with Crippen LogP contribution in [0.2, 0.25) is 13.1 Å². The minimum atomic E-state index is -0.453. The average Bonchev–Trinajstić information content (AvgIpc) is 1.96. The maximum Gasteiger partial charge on any atom is 0.0223 e. The number of rotatable bonds is 7. The van der Waals surface area contributed by atoms with Crippen molar-refractivity contribution in [2.45, 2.75) is 38.8 Å². The van der Waals surface area contributed by atoms with Crippen LogP contribution in [0.3, 0.4) is 0 Å². The molecule has 0 heterocycles. The van der Waals surface area contributed by atoms with Gasteiger partial charge in [-0.05, 0) is 12.8 Å². The smallest absolute Gasteiger partial charge is 0.0223 e. The molecule has 0 saturated heterocycles. The fourth-order valence-electron chi connectivity index (χ4n) is 0.826. The lowest BCUT2D eigenvalue weighted by molar-refractivity contribution is 0.312. The minimum absolute atomic E-state index is 0.453. The molecule has 0 aromatic carbocycles. The van der Waals surface area contributed by atoms with E-state index in [9.17, 15) is 0 Å². The zero-order chi connectivity index (χ0) is 8.53. The summed E-state index contributed by atoms with van der Waals surface area (Å²) in [6, 6.07) is 0. The Hall–Kier alpha value is 0.467. The topological polar surface area (TPSA) is 9.23 Å². The molecule has 11 heavy (non-hydrogen) atoms. The van der Waals surface area contributed by atoms with Crippen LogP contribution in [0, 0.1) is 0 Å². The van der Waals surface area contributed by atoms with Gasteiger partial charge >= 0.3 is 0 Å². The van der Waals surface area contributed by atoms with Gasteiger partial charge in [0, 0.05) is 12.5 Å². The Morgan fingerprint density at radius 1 is 1.09 bits per heavy atom. The van der Waals surface area contributed by atoms with Gasteiger partial charge in [-0.1, -0.05) is 12.8 Å². The maximum atomic E-state index is 5.54. The molecule has 0 aliphatic carbocycles. The van der Waals surface area contributed by atoms with Crippen molar-refractivity contribution in [2.24, 2.45) is 0 Å². The average molecular weight is 194 g/mol. The van der Waals surface area contributed by atoms with E-state index in [1.807, 2.05) is 0 Å². The van der Waals surface area contributed by atoms with Gasteiger partial charge in [0.05, 0.1) is 0 Å². The summed E-state index contributed by atoms with van der Waals surface area (Å²) in [5, 5.41) is 0. The molecule has 68 valence electrons. The summed E-state index contributed by atoms with van der Waals surface area (Å²) in [7, 11) is -0.453. The van der Waals surface area contributed by atoms with Crippen molar-refractivity contribution in [3.05, 3.63) is 0 Å². The van der Waals surface area contributed by atoms with Gasteiger partial charge in [-0.25, -0.2) is 0 Å². The number of halogens is 1. The van der Waals surface area contributed by atoms with Gasteiger partial charge in [-0.2, -0.15) is 13.1 Å². The Labute approximate surface area is 76.8 Å². The summed E-state index contributed by atoms with van der Waals surface area (Å²) in [4.78, 5) is 0. The number of hydrogen-bond acceptors (Lipinski definition) is 1. The molecule has 0 N–H and O–H groups in total. The van der Waals surface area contributed by atoms with Crippen LogP contribution in [-0.4, -0.2) is 21.5 Å². The zero-order valence-electron chi connectivity index (χ0n) is 7.53. The monoisotopic (exact) mass is 193 g/mol. The van der Waals surface area contributed by atoms with Gasteiger partial charge in [-0.3, -0.25) is 0 Å². The van der Waals surface area contributed by atoms with Crippen molar-refractivity contribution < 1.29 is 4.43 Å². The third-order valence-electron chi connectivity index (χ3n) is 1.42. The standard InChI is InChI=1S/C8H18ClOSi/c1-11(2)10-8-6-4-3-5-7-9/h3-8H2,1-2H3/q-1. The lowest BCUT2D eigenvalue weighted by atomic mass is 10.2. The van der Waals surface area contributed by atoms with Crippen molar-refractivity contribution in [1.82, 2.24) is 0 Å². The van der Waals surface area contributed by atoms with Crippen LogP contribution in [0.1, 0.15) is 25.7 Å². The molecule has 0 unspecified atom stereocenters. The summed E-state index contributed by atoms with van der Waals surface area (Å²) in [6.07, 6.45) is 4.87. The van der Waals surface area contributed by atoms with E-state index in [4.69, 9.17) is 16.0 Å². The van der Waals surface area contributed by atoms with Crippen LogP contribution >= 0.6 is 11.6 Å². The van der Waals surface area contributed by atoms with Crippen LogP contribution in [-0.2, 0) is 4.43 Å².